The maximum absolute atomic E-state index is 12.1. The molecule has 8 nitrogen and oxygen atoms in total. The standard InChI is InChI=1S/C15H16N2O6/c1-21-12-5-3-9(7-13(12)22-2)11(18)8-23-15(20)10-4-6-14(19)17-16-10/h3,5,7H,4,6,8H2,1-2H3,(H,17,19). The van der Waals surface area contributed by atoms with Crippen LogP contribution in [0.3, 0.4) is 0 Å². The molecule has 0 saturated heterocycles. The lowest BCUT2D eigenvalue weighted by Crippen LogP contribution is -2.31. The van der Waals surface area contributed by atoms with Gasteiger partial charge in [0.25, 0.3) is 0 Å². The number of carbonyl (C=O) groups excluding carboxylic acids is 3. The molecular weight excluding hydrogens is 304 g/mol. The lowest BCUT2D eigenvalue weighted by molar-refractivity contribution is -0.134. The van der Waals surface area contributed by atoms with Crippen LogP contribution >= 0.6 is 0 Å². The predicted molar refractivity (Wildman–Crippen MR) is 79.6 cm³/mol. The van der Waals surface area contributed by atoms with Crippen LogP contribution in [0, 0.1) is 0 Å². The van der Waals surface area contributed by atoms with E-state index in [2.05, 4.69) is 10.5 Å². The molecule has 0 radical (unpaired) electrons. The van der Waals surface area contributed by atoms with Gasteiger partial charge >= 0.3 is 5.97 Å². The minimum Gasteiger partial charge on any atom is -0.493 e. The molecule has 1 aromatic rings. The number of rotatable bonds is 6. The van der Waals surface area contributed by atoms with Gasteiger partial charge in [-0.05, 0) is 18.2 Å². The van der Waals surface area contributed by atoms with E-state index in [1.54, 1.807) is 12.1 Å². The lowest BCUT2D eigenvalue weighted by Gasteiger charge is -2.11. The van der Waals surface area contributed by atoms with E-state index >= 15 is 0 Å². The van der Waals surface area contributed by atoms with Gasteiger partial charge in [0.2, 0.25) is 5.91 Å². The van der Waals surface area contributed by atoms with Crippen LogP contribution in [-0.4, -0.2) is 44.2 Å². The zero-order valence-electron chi connectivity index (χ0n) is 12.8. The Kier molecular flexibility index (Phi) is 5.29. The average Bonchev–Trinajstić information content (AvgIpc) is 2.59. The van der Waals surface area contributed by atoms with E-state index in [1.165, 1.54) is 20.3 Å². The summed E-state index contributed by atoms with van der Waals surface area (Å²) in [6, 6.07) is 4.65. The van der Waals surface area contributed by atoms with E-state index in [4.69, 9.17) is 14.2 Å². The number of nitrogens with zero attached hydrogens (tertiary/aromatic N) is 1. The fraction of sp³-hybridized carbons (Fsp3) is 0.333. The number of methoxy groups -OCH3 is 2. The minimum absolute atomic E-state index is 0.0877. The molecule has 1 aromatic carbocycles. The van der Waals surface area contributed by atoms with Gasteiger partial charge in [-0.2, -0.15) is 5.10 Å². The van der Waals surface area contributed by atoms with Crippen molar-refractivity contribution in [1.82, 2.24) is 5.43 Å². The van der Waals surface area contributed by atoms with Crippen LogP contribution in [-0.2, 0) is 14.3 Å². The number of benzene rings is 1. The van der Waals surface area contributed by atoms with E-state index < -0.39 is 12.6 Å². The third kappa shape index (κ3) is 4.06. The third-order valence-corrected chi connectivity index (χ3v) is 3.18. The molecule has 2 rings (SSSR count). The fourth-order valence-electron chi connectivity index (χ4n) is 1.93. The summed E-state index contributed by atoms with van der Waals surface area (Å²) in [4.78, 5) is 34.8. The Hall–Kier alpha value is -2.90. The van der Waals surface area contributed by atoms with Crippen LogP contribution in [0.2, 0.25) is 0 Å². The second-order valence-electron chi connectivity index (χ2n) is 4.66. The topological polar surface area (TPSA) is 103 Å². The fourth-order valence-corrected chi connectivity index (χ4v) is 1.93. The highest BCUT2D eigenvalue weighted by Crippen LogP contribution is 2.27. The van der Waals surface area contributed by atoms with Gasteiger partial charge in [-0.25, -0.2) is 10.2 Å². The summed E-state index contributed by atoms with van der Waals surface area (Å²) < 4.78 is 15.1. The second-order valence-corrected chi connectivity index (χ2v) is 4.66. The molecule has 0 atom stereocenters. The predicted octanol–water partition coefficient (Wildman–Crippen LogP) is 0.696. The average molecular weight is 320 g/mol. The quantitative estimate of drug-likeness (QED) is 0.611. The van der Waals surface area contributed by atoms with Crippen molar-refractivity contribution in [3.05, 3.63) is 23.8 Å². The van der Waals surface area contributed by atoms with Gasteiger partial charge in [0.1, 0.15) is 5.71 Å². The molecule has 1 heterocycles. The number of esters is 1. The molecule has 122 valence electrons. The van der Waals surface area contributed by atoms with Crippen LogP contribution < -0.4 is 14.9 Å². The maximum atomic E-state index is 12.1. The summed E-state index contributed by atoms with van der Waals surface area (Å²) in [5.74, 6) is -0.473. The van der Waals surface area contributed by atoms with E-state index in [0.29, 0.717) is 17.1 Å². The maximum Gasteiger partial charge on any atom is 0.354 e. The summed E-state index contributed by atoms with van der Waals surface area (Å²) in [6.45, 7) is -0.429. The van der Waals surface area contributed by atoms with E-state index in [0.717, 1.165) is 0 Å². The van der Waals surface area contributed by atoms with Crippen LogP contribution in [0.5, 0.6) is 11.5 Å². The number of nitrogens with one attached hydrogen (secondary N) is 1. The monoisotopic (exact) mass is 320 g/mol. The van der Waals surface area contributed by atoms with E-state index in [9.17, 15) is 14.4 Å². The highest BCUT2D eigenvalue weighted by Gasteiger charge is 2.21. The summed E-state index contributed by atoms with van der Waals surface area (Å²) in [7, 11) is 2.95. The Morgan fingerprint density at radius 2 is 1.91 bits per heavy atom. The molecular formula is C15H16N2O6. The molecule has 8 heteroatoms. The minimum atomic E-state index is -0.723. The van der Waals surface area contributed by atoms with Gasteiger partial charge in [-0.15, -0.1) is 0 Å². The number of ether oxygens (including phenoxy) is 3. The SMILES string of the molecule is COc1ccc(C(=O)COC(=O)C2=NNC(=O)CC2)cc1OC. The van der Waals surface area contributed by atoms with Crippen molar-refractivity contribution in [2.45, 2.75) is 12.8 Å². The first kappa shape index (κ1) is 16.5. The second kappa shape index (κ2) is 7.39. The molecule has 0 bridgehead atoms. The highest BCUT2D eigenvalue weighted by atomic mass is 16.5. The zero-order chi connectivity index (χ0) is 16.8. The number of Topliss-reactive ketones (excluding diaryl/α,β-unsaturated/α-hetero) is 1. The van der Waals surface area contributed by atoms with Crippen molar-refractivity contribution in [3.8, 4) is 11.5 Å². The number of hydrogen-bond donors (Lipinski definition) is 1. The molecule has 0 fully saturated rings. The number of hydrazone groups is 1. The van der Waals surface area contributed by atoms with Crippen molar-refractivity contribution in [3.63, 3.8) is 0 Å². The van der Waals surface area contributed by atoms with Crippen LogP contribution in [0.1, 0.15) is 23.2 Å². The van der Waals surface area contributed by atoms with Crippen molar-refractivity contribution >= 4 is 23.4 Å². The smallest absolute Gasteiger partial charge is 0.354 e. The van der Waals surface area contributed by atoms with E-state index in [1.807, 2.05) is 0 Å². The molecule has 0 unspecified atom stereocenters. The van der Waals surface area contributed by atoms with Gasteiger partial charge in [0.15, 0.2) is 23.9 Å². The Bertz CT molecular complexity index is 668. The molecule has 1 aliphatic rings. The van der Waals surface area contributed by atoms with Gasteiger partial charge in [0.05, 0.1) is 14.2 Å². The Balaban J connectivity index is 1.97. The summed E-state index contributed by atoms with van der Waals surface area (Å²) >= 11 is 0. The first-order valence-corrected chi connectivity index (χ1v) is 6.83. The van der Waals surface area contributed by atoms with Crippen molar-refractivity contribution in [2.24, 2.45) is 5.10 Å². The lowest BCUT2D eigenvalue weighted by atomic mass is 10.1. The molecule has 0 aromatic heterocycles. The normalized spacial score (nSPS) is 13.7. The summed E-state index contributed by atoms with van der Waals surface area (Å²) in [5.41, 5.74) is 2.61. The number of hydrogen-bond acceptors (Lipinski definition) is 7. The summed E-state index contributed by atoms with van der Waals surface area (Å²) in [5, 5.41) is 3.61. The first-order chi connectivity index (χ1) is 11.0. The molecule has 1 N–H and O–H groups in total. The Morgan fingerprint density at radius 1 is 1.17 bits per heavy atom. The third-order valence-electron chi connectivity index (χ3n) is 3.18. The Morgan fingerprint density at radius 3 is 2.52 bits per heavy atom. The molecule has 1 aliphatic heterocycles. The highest BCUT2D eigenvalue weighted by molar-refractivity contribution is 6.37. The zero-order valence-corrected chi connectivity index (χ0v) is 12.8. The Labute approximate surface area is 132 Å². The van der Waals surface area contributed by atoms with Crippen molar-refractivity contribution < 1.29 is 28.6 Å². The molecule has 1 amide bonds. The molecule has 0 aliphatic carbocycles. The van der Waals surface area contributed by atoms with Crippen molar-refractivity contribution in [2.75, 3.05) is 20.8 Å². The summed E-state index contributed by atoms with van der Waals surface area (Å²) in [6.07, 6.45) is 0.354. The van der Waals surface area contributed by atoms with Crippen LogP contribution in [0.15, 0.2) is 23.3 Å². The van der Waals surface area contributed by atoms with Gasteiger partial charge in [-0.3, -0.25) is 9.59 Å². The van der Waals surface area contributed by atoms with E-state index in [-0.39, 0.29) is 30.2 Å². The van der Waals surface area contributed by atoms with Gasteiger partial charge in [0, 0.05) is 18.4 Å². The number of amides is 1. The van der Waals surface area contributed by atoms with Gasteiger partial charge < -0.3 is 14.2 Å². The number of ketones is 1. The first-order valence-electron chi connectivity index (χ1n) is 6.83. The van der Waals surface area contributed by atoms with Crippen molar-refractivity contribution in [1.29, 1.82) is 0 Å². The van der Waals surface area contributed by atoms with Crippen LogP contribution in [0.25, 0.3) is 0 Å². The number of carbonyl (C=O) groups is 3. The molecule has 23 heavy (non-hydrogen) atoms. The van der Waals surface area contributed by atoms with Crippen LogP contribution in [0.4, 0.5) is 0 Å². The largest absolute Gasteiger partial charge is 0.493 e. The van der Waals surface area contributed by atoms with Gasteiger partial charge in [-0.1, -0.05) is 0 Å². The molecule has 0 spiro atoms. The molecule has 0 saturated carbocycles.